The zero-order valence-electron chi connectivity index (χ0n) is 18.8. The molecule has 2 heterocycles. The molecule has 16 nitrogen and oxygen atoms in total. The fourth-order valence-corrected chi connectivity index (χ4v) is 4.15. The highest BCUT2D eigenvalue weighted by Crippen LogP contribution is 2.25. The fraction of sp³-hybridized carbons (Fsp3) is 0.412. The predicted molar refractivity (Wildman–Crippen MR) is 124 cm³/mol. The molecule has 2 amide bonds. The topological polar surface area (TPSA) is 243 Å². The molecule has 1 aromatic heterocycles. The van der Waals surface area contributed by atoms with E-state index in [1.54, 1.807) is 0 Å². The summed E-state index contributed by atoms with van der Waals surface area (Å²) >= 11 is 0.952. The number of nitrogens with zero attached hydrogens (tertiary/aromatic N) is 5. The van der Waals surface area contributed by atoms with Gasteiger partial charge in [0.2, 0.25) is 5.60 Å². The Morgan fingerprint density at radius 2 is 2.11 bits per heavy atom. The van der Waals surface area contributed by atoms with Gasteiger partial charge in [0.05, 0.1) is 12.6 Å². The van der Waals surface area contributed by atoms with E-state index in [0.29, 0.717) is 0 Å². The fourth-order valence-electron chi connectivity index (χ4n) is 2.73. The van der Waals surface area contributed by atoms with Gasteiger partial charge >= 0.3 is 16.3 Å². The van der Waals surface area contributed by atoms with Gasteiger partial charge in [-0.2, -0.15) is 13.5 Å². The minimum Gasteiger partial charge on any atom is -0.478 e. The second kappa shape index (κ2) is 10.2. The van der Waals surface area contributed by atoms with Crippen molar-refractivity contribution < 1.29 is 37.3 Å². The van der Waals surface area contributed by atoms with Crippen molar-refractivity contribution in [2.75, 3.05) is 12.3 Å². The van der Waals surface area contributed by atoms with Gasteiger partial charge in [-0.05, 0) is 20.8 Å². The molecule has 0 bridgehead atoms. The molecule has 2 atom stereocenters. The molecule has 0 aliphatic carbocycles. The van der Waals surface area contributed by atoms with Gasteiger partial charge < -0.3 is 26.7 Å². The number of aromatic nitrogens is 1. The quantitative estimate of drug-likeness (QED) is 0.0950. The van der Waals surface area contributed by atoms with E-state index in [9.17, 15) is 32.5 Å². The maximum atomic E-state index is 13.0. The zero-order chi connectivity index (χ0) is 26.7. The van der Waals surface area contributed by atoms with Gasteiger partial charge in [-0.3, -0.25) is 19.2 Å². The van der Waals surface area contributed by atoms with Crippen molar-refractivity contribution in [3.63, 3.8) is 0 Å². The molecule has 0 radical (unpaired) electrons. The standard InChI is InChI=1S/C17H24N8O8S2/c1-8(18)5-24(20-4)6-10-12(14(27)25(10)35(30,31)32)22-13(26)11(9-7-34-16(19)21-9)23-33-17(2,3)15(28)29/h5,7,10,12H,4,6,18H2,1-3H3,(H2,19,21)(H,22,26)(H,28,29)(H,30,31,32)/b8-5+,23-11-/t10-,12+/m1/s1. The number of oxime groups is 1. The van der Waals surface area contributed by atoms with E-state index in [0.717, 1.165) is 16.3 Å². The number of nitrogen functional groups attached to an aromatic ring is 1. The van der Waals surface area contributed by atoms with Gasteiger partial charge in [0, 0.05) is 24.0 Å². The number of carboxylic acids is 1. The first-order chi connectivity index (χ1) is 16.1. The molecule has 1 aliphatic heterocycles. The zero-order valence-corrected chi connectivity index (χ0v) is 20.4. The number of hydrogen-bond acceptors (Lipinski definition) is 13. The van der Waals surface area contributed by atoms with E-state index in [1.807, 2.05) is 0 Å². The number of rotatable bonds is 11. The molecular weight excluding hydrogens is 508 g/mol. The highest BCUT2D eigenvalue weighted by atomic mass is 32.2. The number of carbonyl (C=O) groups is 3. The van der Waals surface area contributed by atoms with Crippen LogP contribution < -0.4 is 16.8 Å². The molecular formula is C17H24N8O8S2. The number of thiazole rings is 1. The first-order valence-corrected chi connectivity index (χ1v) is 11.9. The lowest BCUT2D eigenvalue weighted by Crippen LogP contribution is -2.74. The van der Waals surface area contributed by atoms with Gasteiger partial charge in [0.1, 0.15) is 11.7 Å². The van der Waals surface area contributed by atoms with Crippen molar-refractivity contribution >= 4 is 57.0 Å². The Hall–Kier alpha value is -3.77. The molecule has 0 saturated carbocycles. The first-order valence-electron chi connectivity index (χ1n) is 9.58. The van der Waals surface area contributed by atoms with Crippen molar-refractivity contribution in [2.24, 2.45) is 16.0 Å². The third-order valence-corrected chi connectivity index (χ3v) is 6.09. The minimum atomic E-state index is -4.98. The number of β-lactam (4-membered cyclic amide) rings is 1. The molecule has 1 aliphatic rings. The predicted octanol–water partition coefficient (Wildman–Crippen LogP) is -1.45. The summed E-state index contributed by atoms with van der Waals surface area (Å²) in [5, 5.41) is 21.3. The number of nitrogens with one attached hydrogen (secondary N) is 1. The Morgan fingerprint density at radius 3 is 2.57 bits per heavy atom. The Labute approximate surface area is 203 Å². The van der Waals surface area contributed by atoms with Gasteiger partial charge in [-0.15, -0.1) is 11.3 Å². The summed E-state index contributed by atoms with van der Waals surface area (Å²) in [6.07, 6.45) is 1.30. The molecule has 1 aromatic rings. The Kier molecular flexibility index (Phi) is 8.04. The highest BCUT2D eigenvalue weighted by molar-refractivity contribution is 7.84. The normalized spacial score (nSPS) is 19.1. The van der Waals surface area contributed by atoms with E-state index in [-0.39, 0.29) is 27.4 Å². The summed E-state index contributed by atoms with van der Waals surface area (Å²) in [6, 6.07) is -2.78. The molecule has 192 valence electrons. The maximum absolute atomic E-state index is 13.0. The summed E-state index contributed by atoms with van der Waals surface area (Å²) in [6.45, 7) is 6.88. The largest absolute Gasteiger partial charge is 0.478 e. The van der Waals surface area contributed by atoms with Gasteiger partial charge in [0.15, 0.2) is 10.8 Å². The van der Waals surface area contributed by atoms with Crippen LogP contribution in [0.15, 0.2) is 27.5 Å². The smallest absolute Gasteiger partial charge is 0.362 e. The van der Waals surface area contributed by atoms with Crippen LogP contribution in [0.1, 0.15) is 26.5 Å². The van der Waals surface area contributed by atoms with Crippen LogP contribution in [-0.2, 0) is 29.5 Å². The summed E-state index contributed by atoms with van der Waals surface area (Å²) < 4.78 is 33.0. The first kappa shape index (κ1) is 27.5. The van der Waals surface area contributed by atoms with Crippen molar-refractivity contribution in [1.82, 2.24) is 19.6 Å². The van der Waals surface area contributed by atoms with E-state index < -0.39 is 51.5 Å². The van der Waals surface area contributed by atoms with Crippen LogP contribution in [0.5, 0.6) is 0 Å². The number of allylic oxidation sites excluding steroid dienone is 1. The second-order valence-electron chi connectivity index (χ2n) is 7.68. The molecule has 0 unspecified atom stereocenters. The average Bonchev–Trinajstić information content (AvgIpc) is 3.15. The second-order valence-corrected chi connectivity index (χ2v) is 9.86. The van der Waals surface area contributed by atoms with Crippen LogP contribution in [0.2, 0.25) is 0 Å². The van der Waals surface area contributed by atoms with E-state index >= 15 is 0 Å². The number of carboxylic acid groups (broad SMARTS) is 1. The van der Waals surface area contributed by atoms with Crippen LogP contribution in [0.25, 0.3) is 0 Å². The number of carbonyl (C=O) groups excluding carboxylic acids is 2. The number of aliphatic carboxylic acids is 1. The molecule has 35 heavy (non-hydrogen) atoms. The molecule has 2 rings (SSSR count). The lowest BCUT2D eigenvalue weighted by molar-refractivity contribution is -0.161. The van der Waals surface area contributed by atoms with Crippen LogP contribution in [-0.4, -0.2) is 86.8 Å². The molecule has 0 spiro atoms. The van der Waals surface area contributed by atoms with Crippen molar-refractivity contribution in [3.8, 4) is 0 Å². The third-order valence-electron chi connectivity index (χ3n) is 4.47. The average molecular weight is 533 g/mol. The monoisotopic (exact) mass is 532 g/mol. The lowest BCUT2D eigenvalue weighted by Gasteiger charge is -2.45. The van der Waals surface area contributed by atoms with E-state index in [4.69, 9.17) is 16.3 Å². The van der Waals surface area contributed by atoms with E-state index in [1.165, 1.54) is 32.4 Å². The Balaban J connectivity index is 2.38. The van der Waals surface area contributed by atoms with Crippen LogP contribution >= 0.6 is 11.3 Å². The Morgan fingerprint density at radius 1 is 1.49 bits per heavy atom. The highest BCUT2D eigenvalue weighted by Gasteiger charge is 2.54. The molecule has 1 fully saturated rings. The number of amides is 2. The van der Waals surface area contributed by atoms with Gasteiger partial charge in [-0.25, -0.2) is 14.1 Å². The third kappa shape index (κ3) is 6.43. The molecule has 1 saturated heterocycles. The van der Waals surface area contributed by atoms with Crippen molar-refractivity contribution in [2.45, 2.75) is 38.5 Å². The van der Waals surface area contributed by atoms with Crippen LogP contribution in [0.4, 0.5) is 5.13 Å². The lowest BCUT2D eigenvalue weighted by atomic mass is 9.98. The number of hydrazone groups is 1. The van der Waals surface area contributed by atoms with Crippen LogP contribution in [0.3, 0.4) is 0 Å². The van der Waals surface area contributed by atoms with E-state index in [2.05, 4.69) is 27.3 Å². The number of anilines is 1. The van der Waals surface area contributed by atoms with Gasteiger partial charge in [-0.1, -0.05) is 5.16 Å². The number of hydrogen-bond donors (Lipinski definition) is 5. The SMILES string of the molecule is C=NN(/C=C(\C)N)C[C@@H]1[C@H](NC(=O)/C(=N\OC(C)(C)C(=O)O)c2csc(N)n2)C(=O)N1S(=O)(=O)O. The summed E-state index contributed by atoms with van der Waals surface area (Å²) in [5.74, 6) is -3.58. The molecule has 7 N–H and O–H groups in total. The molecule has 0 aromatic carbocycles. The summed E-state index contributed by atoms with van der Waals surface area (Å²) in [4.78, 5) is 45.7. The number of nitrogens with two attached hydrogens (primary N) is 2. The van der Waals surface area contributed by atoms with Crippen LogP contribution in [0, 0.1) is 0 Å². The van der Waals surface area contributed by atoms with Gasteiger partial charge in [0.25, 0.3) is 11.8 Å². The molecule has 18 heteroatoms. The minimum absolute atomic E-state index is 0.0600. The Bertz CT molecular complexity index is 1190. The summed E-state index contributed by atoms with van der Waals surface area (Å²) in [7, 11) is -4.98. The van der Waals surface area contributed by atoms with Crippen molar-refractivity contribution in [3.05, 3.63) is 23.0 Å². The summed E-state index contributed by atoms with van der Waals surface area (Å²) in [5.41, 5.74) is 9.02. The van der Waals surface area contributed by atoms with Crippen molar-refractivity contribution in [1.29, 1.82) is 0 Å². The maximum Gasteiger partial charge on any atom is 0.362 e.